The number of hydrogen-bond acceptors (Lipinski definition) is 7. The zero-order valence-electron chi connectivity index (χ0n) is 31.8. The number of phenolic OH excluding ortho intramolecular Hbond substituents is 3. The predicted octanol–water partition coefficient (Wildman–Crippen LogP) is 9.95. The van der Waals surface area contributed by atoms with Gasteiger partial charge in [0.1, 0.15) is 17.2 Å². The van der Waals surface area contributed by atoms with Crippen LogP contribution in [0.1, 0.15) is 161 Å². The van der Waals surface area contributed by atoms with E-state index in [0.29, 0.717) is 62.2 Å². The van der Waals surface area contributed by atoms with E-state index in [9.17, 15) is 24.9 Å². The molecule has 0 amide bonds. The van der Waals surface area contributed by atoms with E-state index in [1.54, 1.807) is 12.1 Å². The lowest BCUT2D eigenvalue weighted by molar-refractivity contribution is -0.145. The number of aryl methyl sites for hydroxylation is 1. The van der Waals surface area contributed by atoms with Crippen molar-refractivity contribution in [3.63, 3.8) is 0 Å². The molecule has 0 radical (unpaired) electrons. The Balaban J connectivity index is 1.60. The number of benzene rings is 2. The summed E-state index contributed by atoms with van der Waals surface area (Å²) in [5, 5.41) is 31.9. The number of phenols is 3. The van der Waals surface area contributed by atoms with E-state index in [1.165, 1.54) is 0 Å². The van der Waals surface area contributed by atoms with Crippen LogP contribution in [0.4, 0.5) is 0 Å². The number of carbonyl (C=O) groups excluding carboxylic acids is 2. The Morgan fingerprint density at radius 2 is 0.875 bits per heavy atom. The highest BCUT2D eigenvalue weighted by atomic mass is 16.5. The summed E-state index contributed by atoms with van der Waals surface area (Å²) in [4.78, 5) is 24.6. The summed E-state index contributed by atoms with van der Waals surface area (Å²) in [6.07, 6.45) is 6.80. The third kappa shape index (κ3) is 12.3. The van der Waals surface area contributed by atoms with Crippen LogP contribution in [0.2, 0.25) is 0 Å². The summed E-state index contributed by atoms with van der Waals surface area (Å²) in [6.45, 7) is 23.4. The molecule has 270 valence electrons. The second-order valence-electron chi connectivity index (χ2n) is 16.9. The standard InChI is InChI=1S/C41H64O7/c1-28-24-30(38(2,3)4)33(42)25-29(28)40(8,9)20-16-18-36(45)47-22-14-12-13-15-23-48-37(46)19-17-21-41(10,11)32-27-34(43)31(26-35(32)44)39(5,6)7/h24-27,42-44H,12-23H2,1-11H3. The van der Waals surface area contributed by atoms with Gasteiger partial charge in [0.05, 0.1) is 13.2 Å². The van der Waals surface area contributed by atoms with E-state index in [-0.39, 0.29) is 39.7 Å². The largest absolute Gasteiger partial charge is 0.508 e. The molecule has 0 spiro atoms. The van der Waals surface area contributed by atoms with Gasteiger partial charge in [-0.05, 0) is 115 Å². The van der Waals surface area contributed by atoms with Crippen LogP contribution in [0.3, 0.4) is 0 Å². The Bertz CT molecular complexity index is 1270. The van der Waals surface area contributed by atoms with Crippen LogP contribution < -0.4 is 0 Å². The summed E-state index contributed by atoms with van der Waals surface area (Å²) < 4.78 is 10.9. The van der Waals surface area contributed by atoms with Crippen molar-refractivity contribution >= 4 is 11.9 Å². The lowest BCUT2D eigenvalue weighted by Gasteiger charge is -2.30. The van der Waals surface area contributed by atoms with Gasteiger partial charge < -0.3 is 24.8 Å². The molecule has 0 heterocycles. The van der Waals surface area contributed by atoms with Crippen LogP contribution in [-0.2, 0) is 40.7 Å². The normalized spacial score (nSPS) is 12.6. The van der Waals surface area contributed by atoms with Crippen molar-refractivity contribution in [2.75, 3.05) is 13.2 Å². The maximum atomic E-state index is 12.3. The molecule has 2 aromatic rings. The first-order valence-electron chi connectivity index (χ1n) is 17.8. The molecule has 0 aromatic heterocycles. The van der Waals surface area contributed by atoms with Crippen molar-refractivity contribution in [2.24, 2.45) is 0 Å². The first-order chi connectivity index (χ1) is 22.1. The molecular formula is C41H64O7. The van der Waals surface area contributed by atoms with Crippen molar-refractivity contribution in [1.29, 1.82) is 0 Å². The minimum Gasteiger partial charge on any atom is -0.508 e. The molecule has 0 saturated heterocycles. The molecule has 3 N–H and O–H groups in total. The minimum atomic E-state index is -0.415. The molecule has 0 atom stereocenters. The SMILES string of the molecule is Cc1cc(C(C)(C)C)c(O)cc1C(C)(C)CCCC(=O)OCCCCCCOC(=O)CCCC(C)(C)c1cc(O)c(C(C)(C)C)cc1O. The highest BCUT2D eigenvalue weighted by Gasteiger charge is 2.29. The quantitative estimate of drug-likeness (QED) is 0.0873. The van der Waals surface area contributed by atoms with Gasteiger partial charge in [0, 0.05) is 24.0 Å². The predicted molar refractivity (Wildman–Crippen MR) is 194 cm³/mol. The molecule has 0 aliphatic carbocycles. The van der Waals surface area contributed by atoms with Gasteiger partial charge in [-0.15, -0.1) is 0 Å². The van der Waals surface area contributed by atoms with Crippen LogP contribution in [0, 0.1) is 6.92 Å². The third-order valence-electron chi connectivity index (χ3n) is 9.46. The average molecular weight is 669 g/mol. The lowest BCUT2D eigenvalue weighted by atomic mass is 9.75. The fraction of sp³-hybridized carbons (Fsp3) is 0.659. The molecule has 0 bridgehead atoms. The summed E-state index contributed by atoms with van der Waals surface area (Å²) >= 11 is 0. The minimum absolute atomic E-state index is 0.131. The monoisotopic (exact) mass is 668 g/mol. The van der Waals surface area contributed by atoms with Gasteiger partial charge in [-0.25, -0.2) is 0 Å². The fourth-order valence-corrected chi connectivity index (χ4v) is 6.44. The Kier molecular flexibility index (Phi) is 14.5. The molecule has 0 saturated carbocycles. The smallest absolute Gasteiger partial charge is 0.305 e. The number of aromatic hydroxyl groups is 3. The summed E-state index contributed by atoms with van der Waals surface area (Å²) in [7, 11) is 0. The summed E-state index contributed by atoms with van der Waals surface area (Å²) in [6, 6.07) is 7.28. The van der Waals surface area contributed by atoms with Crippen LogP contribution in [0.25, 0.3) is 0 Å². The Morgan fingerprint density at radius 1 is 0.521 bits per heavy atom. The van der Waals surface area contributed by atoms with Gasteiger partial charge in [0.25, 0.3) is 0 Å². The third-order valence-corrected chi connectivity index (χ3v) is 9.46. The molecule has 2 aromatic carbocycles. The van der Waals surface area contributed by atoms with E-state index in [1.807, 2.05) is 40.7 Å². The van der Waals surface area contributed by atoms with Crippen molar-refractivity contribution in [1.82, 2.24) is 0 Å². The maximum absolute atomic E-state index is 12.3. The average Bonchev–Trinajstić information content (AvgIpc) is 2.95. The number of hydrogen-bond donors (Lipinski definition) is 3. The van der Waals surface area contributed by atoms with Crippen molar-refractivity contribution in [3.05, 3.63) is 52.1 Å². The second-order valence-corrected chi connectivity index (χ2v) is 16.9. The highest BCUT2D eigenvalue weighted by Crippen LogP contribution is 2.42. The number of carbonyl (C=O) groups is 2. The first-order valence-corrected chi connectivity index (χ1v) is 17.8. The summed E-state index contributed by atoms with van der Waals surface area (Å²) in [5.41, 5.74) is 3.57. The molecule has 0 unspecified atom stereocenters. The van der Waals surface area contributed by atoms with Crippen molar-refractivity contribution < 1.29 is 34.4 Å². The number of ether oxygens (including phenoxy) is 2. The van der Waals surface area contributed by atoms with Gasteiger partial charge in [0.15, 0.2) is 0 Å². The van der Waals surface area contributed by atoms with Gasteiger partial charge >= 0.3 is 11.9 Å². The number of unbranched alkanes of at least 4 members (excludes halogenated alkanes) is 3. The molecule has 2 rings (SSSR count). The van der Waals surface area contributed by atoms with Gasteiger partial charge in [-0.3, -0.25) is 9.59 Å². The number of rotatable bonds is 17. The second kappa shape index (κ2) is 16.9. The fourth-order valence-electron chi connectivity index (χ4n) is 6.44. The Hall–Kier alpha value is -3.22. The summed E-state index contributed by atoms with van der Waals surface area (Å²) in [5.74, 6) is 0.252. The van der Waals surface area contributed by atoms with Crippen molar-refractivity contribution in [2.45, 2.75) is 162 Å². The van der Waals surface area contributed by atoms with Gasteiger partial charge in [-0.2, -0.15) is 0 Å². The molecule has 0 aliphatic heterocycles. The van der Waals surface area contributed by atoms with Gasteiger partial charge in [0.2, 0.25) is 0 Å². The van der Waals surface area contributed by atoms with Crippen LogP contribution in [0.15, 0.2) is 24.3 Å². The molecule has 0 fully saturated rings. The molecular weight excluding hydrogens is 604 g/mol. The Labute approximate surface area is 290 Å². The Morgan fingerprint density at radius 3 is 1.31 bits per heavy atom. The zero-order chi connectivity index (χ0) is 36.5. The molecule has 0 aliphatic rings. The maximum Gasteiger partial charge on any atom is 0.305 e. The van der Waals surface area contributed by atoms with E-state index in [2.05, 4.69) is 47.6 Å². The van der Waals surface area contributed by atoms with Crippen LogP contribution in [-0.4, -0.2) is 40.5 Å². The molecule has 48 heavy (non-hydrogen) atoms. The van der Waals surface area contributed by atoms with Gasteiger partial charge in [-0.1, -0.05) is 75.3 Å². The highest BCUT2D eigenvalue weighted by molar-refractivity contribution is 5.69. The number of esters is 2. The first kappa shape index (κ1) is 41.0. The van der Waals surface area contributed by atoms with Crippen LogP contribution >= 0.6 is 0 Å². The van der Waals surface area contributed by atoms with Crippen LogP contribution in [0.5, 0.6) is 17.2 Å². The molecule has 7 heteroatoms. The zero-order valence-corrected chi connectivity index (χ0v) is 31.8. The van der Waals surface area contributed by atoms with Crippen molar-refractivity contribution in [3.8, 4) is 17.2 Å². The van der Waals surface area contributed by atoms with E-state index in [4.69, 9.17) is 9.47 Å². The lowest BCUT2D eigenvalue weighted by Crippen LogP contribution is -2.21. The van der Waals surface area contributed by atoms with E-state index in [0.717, 1.165) is 48.8 Å². The topological polar surface area (TPSA) is 113 Å². The van der Waals surface area contributed by atoms with E-state index >= 15 is 0 Å². The van der Waals surface area contributed by atoms with E-state index < -0.39 is 5.41 Å². The molecule has 7 nitrogen and oxygen atoms in total.